The molecule has 0 bridgehead atoms. The molecule has 2 heterocycles. The van der Waals surface area contributed by atoms with Crippen LogP contribution in [0.4, 0.5) is 0 Å². The molecule has 8 aromatic rings. The topological polar surface area (TPSA) is 9.86 Å². The summed E-state index contributed by atoms with van der Waals surface area (Å²) in [6.07, 6.45) is 0. The van der Waals surface area contributed by atoms with Gasteiger partial charge in [-0.2, -0.15) is 0 Å². The average molecular weight is 499 g/mol. The summed E-state index contributed by atoms with van der Waals surface area (Å²) < 4.78 is 4.77. The molecule has 2 nitrogen and oxygen atoms in total. The van der Waals surface area contributed by atoms with Crippen molar-refractivity contribution in [2.24, 2.45) is 0 Å². The highest BCUT2D eigenvalue weighted by Gasteiger charge is 2.15. The molecule has 0 radical (unpaired) electrons. The first-order valence-electron chi connectivity index (χ1n) is 13.5. The van der Waals surface area contributed by atoms with Crippen LogP contribution in [-0.2, 0) is 0 Å². The van der Waals surface area contributed by atoms with Crippen LogP contribution in [0.5, 0.6) is 0 Å². The first-order chi connectivity index (χ1) is 19.3. The fourth-order valence-electron chi connectivity index (χ4n) is 6.20. The summed E-state index contributed by atoms with van der Waals surface area (Å²) in [7, 11) is 0. The van der Waals surface area contributed by atoms with Crippen molar-refractivity contribution in [2.45, 2.75) is 6.92 Å². The Hall–Kier alpha value is -5.08. The Kier molecular flexibility index (Phi) is 4.77. The van der Waals surface area contributed by atoms with Gasteiger partial charge in [0.25, 0.3) is 0 Å². The van der Waals surface area contributed by atoms with Crippen molar-refractivity contribution in [3.8, 4) is 22.5 Å². The Balaban J connectivity index is 1.38. The number of aromatic nitrogens is 2. The van der Waals surface area contributed by atoms with Crippen LogP contribution in [-0.4, -0.2) is 9.13 Å². The Morgan fingerprint density at radius 3 is 1.69 bits per heavy atom. The van der Waals surface area contributed by atoms with Crippen molar-refractivity contribution in [1.29, 1.82) is 0 Å². The molecule has 39 heavy (non-hydrogen) atoms. The van der Waals surface area contributed by atoms with Gasteiger partial charge in [-0.3, -0.25) is 0 Å². The summed E-state index contributed by atoms with van der Waals surface area (Å²) >= 11 is 0. The van der Waals surface area contributed by atoms with E-state index >= 15 is 0 Å². The molecular formula is C37H26N2. The van der Waals surface area contributed by atoms with Crippen LogP contribution in [0.3, 0.4) is 0 Å². The maximum atomic E-state index is 2.40. The lowest BCUT2D eigenvalue weighted by molar-refractivity contribution is 1.17. The molecule has 0 amide bonds. The molecule has 184 valence electrons. The van der Waals surface area contributed by atoms with Crippen molar-refractivity contribution < 1.29 is 0 Å². The van der Waals surface area contributed by atoms with Gasteiger partial charge in [-0.05, 0) is 78.2 Å². The average Bonchev–Trinajstić information content (AvgIpc) is 3.50. The Labute approximate surface area is 227 Å². The maximum absolute atomic E-state index is 2.40. The van der Waals surface area contributed by atoms with Gasteiger partial charge in [0.2, 0.25) is 0 Å². The fourth-order valence-corrected chi connectivity index (χ4v) is 6.20. The Bertz CT molecular complexity index is 2180. The summed E-state index contributed by atoms with van der Waals surface area (Å²) in [4.78, 5) is 0. The van der Waals surface area contributed by atoms with Gasteiger partial charge >= 0.3 is 0 Å². The number of fused-ring (bicyclic) bond motifs is 6. The van der Waals surface area contributed by atoms with Crippen LogP contribution in [0.1, 0.15) is 5.56 Å². The van der Waals surface area contributed by atoms with E-state index in [1.807, 2.05) is 0 Å². The van der Waals surface area contributed by atoms with Crippen LogP contribution in [0.25, 0.3) is 66.1 Å². The van der Waals surface area contributed by atoms with Gasteiger partial charge in [-0.1, -0.05) is 84.9 Å². The molecule has 0 N–H and O–H groups in total. The van der Waals surface area contributed by atoms with Crippen molar-refractivity contribution in [1.82, 2.24) is 9.13 Å². The molecule has 2 aromatic heterocycles. The molecule has 0 aliphatic heterocycles. The lowest BCUT2D eigenvalue weighted by Gasteiger charge is -2.10. The van der Waals surface area contributed by atoms with Gasteiger partial charge in [-0.15, -0.1) is 0 Å². The molecule has 0 unspecified atom stereocenters. The predicted molar refractivity (Wildman–Crippen MR) is 165 cm³/mol. The number of nitrogens with zero attached hydrogens (tertiary/aromatic N) is 2. The quantitative estimate of drug-likeness (QED) is 0.229. The number of hydrogen-bond donors (Lipinski definition) is 0. The number of hydrogen-bond acceptors (Lipinski definition) is 0. The van der Waals surface area contributed by atoms with Crippen LogP contribution in [0, 0.1) is 6.92 Å². The fraction of sp³-hybridized carbons (Fsp3) is 0.0270. The van der Waals surface area contributed by atoms with Crippen molar-refractivity contribution in [3.05, 3.63) is 145 Å². The van der Waals surface area contributed by atoms with E-state index in [1.165, 1.54) is 71.7 Å². The van der Waals surface area contributed by atoms with E-state index in [9.17, 15) is 0 Å². The highest BCUT2D eigenvalue weighted by atomic mass is 15.0. The Morgan fingerprint density at radius 1 is 0.359 bits per heavy atom. The molecule has 0 aliphatic rings. The monoisotopic (exact) mass is 498 g/mol. The first kappa shape index (κ1) is 22.0. The zero-order valence-corrected chi connectivity index (χ0v) is 21.7. The van der Waals surface area contributed by atoms with E-state index in [-0.39, 0.29) is 0 Å². The van der Waals surface area contributed by atoms with Crippen molar-refractivity contribution >= 4 is 43.6 Å². The van der Waals surface area contributed by atoms with Crippen LogP contribution < -0.4 is 0 Å². The SMILES string of the molecule is Cc1cccc(-n2c3ccccc3c3ccc(-c4ccc5c(c4)c4ccccc4n5-c4ccccc4)cc32)c1. The van der Waals surface area contributed by atoms with E-state index < -0.39 is 0 Å². The van der Waals surface area contributed by atoms with E-state index in [0.29, 0.717) is 0 Å². The minimum absolute atomic E-state index is 1.18. The summed E-state index contributed by atoms with van der Waals surface area (Å²) in [5.74, 6) is 0. The molecule has 0 saturated heterocycles. The largest absolute Gasteiger partial charge is 0.309 e. The molecule has 0 spiro atoms. The molecule has 2 heteroatoms. The second-order valence-corrected chi connectivity index (χ2v) is 10.3. The third-order valence-corrected chi connectivity index (χ3v) is 7.95. The number of para-hydroxylation sites is 3. The van der Waals surface area contributed by atoms with E-state index in [1.54, 1.807) is 0 Å². The van der Waals surface area contributed by atoms with Gasteiger partial charge in [0, 0.05) is 32.9 Å². The number of rotatable bonds is 3. The normalized spacial score (nSPS) is 11.7. The molecule has 0 saturated carbocycles. The predicted octanol–water partition coefficient (Wildman–Crippen LogP) is 9.86. The maximum Gasteiger partial charge on any atom is 0.0547 e. The highest BCUT2D eigenvalue weighted by molar-refractivity contribution is 6.12. The molecular weight excluding hydrogens is 472 g/mol. The summed E-state index contributed by atoms with van der Waals surface area (Å²) in [5.41, 5.74) is 11.0. The molecule has 0 aliphatic carbocycles. The van der Waals surface area contributed by atoms with Crippen LogP contribution in [0.15, 0.2) is 140 Å². The van der Waals surface area contributed by atoms with Gasteiger partial charge in [0.05, 0.1) is 22.1 Å². The summed E-state index contributed by atoms with van der Waals surface area (Å²) in [5, 5.41) is 5.10. The smallest absolute Gasteiger partial charge is 0.0547 e. The van der Waals surface area contributed by atoms with Gasteiger partial charge in [-0.25, -0.2) is 0 Å². The van der Waals surface area contributed by atoms with E-state index in [2.05, 4.69) is 156 Å². The zero-order valence-electron chi connectivity index (χ0n) is 21.7. The lowest BCUT2D eigenvalue weighted by atomic mass is 10.0. The first-order valence-corrected chi connectivity index (χ1v) is 13.5. The lowest BCUT2D eigenvalue weighted by Crippen LogP contribution is -1.94. The van der Waals surface area contributed by atoms with Crippen molar-refractivity contribution in [3.63, 3.8) is 0 Å². The minimum Gasteiger partial charge on any atom is -0.309 e. The van der Waals surface area contributed by atoms with E-state index in [0.717, 1.165) is 0 Å². The third-order valence-electron chi connectivity index (χ3n) is 7.95. The summed E-state index contributed by atoms with van der Waals surface area (Å²) in [6, 6.07) is 50.7. The number of benzene rings is 6. The summed E-state index contributed by atoms with van der Waals surface area (Å²) in [6.45, 7) is 2.16. The number of aryl methyl sites for hydroxylation is 1. The van der Waals surface area contributed by atoms with Gasteiger partial charge in [0.15, 0.2) is 0 Å². The molecule has 0 atom stereocenters. The van der Waals surface area contributed by atoms with Crippen LogP contribution >= 0.6 is 0 Å². The molecule has 0 fully saturated rings. The van der Waals surface area contributed by atoms with Crippen molar-refractivity contribution in [2.75, 3.05) is 0 Å². The second-order valence-electron chi connectivity index (χ2n) is 10.3. The molecule has 6 aromatic carbocycles. The van der Waals surface area contributed by atoms with E-state index in [4.69, 9.17) is 0 Å². The standard InChI is InChI=1S/C37H26N2/c1-25-10-9-13-29(22-25)39-34-16-7-5-14-30(34)32-20-18-27(24-37(32)39)26-19-21-36-33(23-26)31-15-6-8-17-35(31)38(36)28-11-3-2-4-12-28/h2-24H,1H3. The van der Waals surface area contributed by atoms with Crippen LogP contribution in [0.2, 0.25) is 0 Å². The van der Waals surface area contributed by atoms with Gasteiger partial charge in [0.1, 0.15) is 0 Å². The second kappa shape index (κ2) is 8.47. The zero-order chi connectivity index (χ0) is 25.9. The minimum atomic E-state index is 1.18. The highest BCUT2D eigenvalue weighted by Crippen LogP contribution is 2.38. The molecule has 8 rings (SSSR count). The van der Waals surface area contributed by atoms with Gasteiger partial charge < -0.3 is 9.13 Å². The third kappa shape index (κ3) is 3.35. The Morgan fingerprint density at radius 2 is 0.923 bits per heavy atom.